The second kappa shape index (κ2) is 6.22. The summed E-state index contributed by atoms with van der Waals surface area (Å²) in [5.74, 6) is 2.38. The zero-order valence-electron chi connectivity index (χ0n) is 13.3. The number of piperazine rings is 1. The molecule has 0 radical (unpaired) electrons. The van der Waals surface area contributed by atoms with Crippen molar-refractivity contribution in [3.05, 3.63) is 53.6 Å². The van der Waals surface area contributed by atoms with Crippen molar-refractivity contribution in [1.29, 1.82) is 0 Å². The van der Waals surface area contributed by atoms with E-state index < -0.39 is 0 Å². The van der Waals surface area contributed by atoms with Gasteiger partial charge in [0.25, 0.3) is 0 Å². The normalized spacial score (nSPS) is 23.2. The molecule has 5 aliphatic heterocycles. The fraction of sp³-hybridized carbons (Fsp3) is 0.368. The van der Waals surface area contributed by atoms with Crippen LogP contribution < -0.4 is 20.1 Å². The molecule has 0 aliphatic carbocycles. The predicted molar refractivity (Wildman–Crippen MR) is 90.5 cm³/mol. The van der Waals surface area contributed by atoms with E-state index in [1.54, 1.807) is 7.11 Å². The summed E-state index contributed by atoms with van der Waals surface area (Å²) in [5.41, 5.74) is 2.58. The van der Waals surface area contributed by atoms with Gasteiger partial charge in [-0.1, -0.05) is 18.2 Å². The first-order valence-corrected chi connectivity index (χ1v) is 8.20. The van der Waals surface area contributed by atoms with Crippen LogP contribution in [0.25, 0.3) is 0 Å². The van der Waals surface area contributed by atoms with Crippen molar-refractivity contribution in [1.82, 2.24) is 10.6 Å². The fourth-order valence-electron chi connectivity index (χ4n) is 3.37. The van der Waals surface area contributed by atoms with E-state index in [2.05, 4.69) is 34.9 Å². The van der Waals surface area contributed by atoms with Gasteiger partial charge in [-0.3, -0.25) is 0 Å². The molecule has 0 saturated carbocycles. The molecule has 0 aromatic heterocycles. The lowest BCUT2D eigenvalue weighted by atomic mass is 9.99. The van der Waals surface area contributed by atoms with Crippen LogP contribution >= 0.6 is 0 Å². The van der Waals surface area contributed by atoms with E-state index in [4.69, 9.17) is 9.47 Å². The van der Waals surface area contributed by atoms with E-state index in [0.717, 1.165) is 43.2 Å². The number of rotatable bonds is 1. The van der Waals surface area contributed by atoms with E-state index in [-0.39, 0.29) is 0 Å². The summed E-state index contributed by atoms with van der Waals surface area (Å²) < 4.78 is 11.5. The molecule has 5 heterocycles. The van der Waals surface area contributed by atoms with E-state index in [9.17, 15) is 0 Å². The summed E-state index contributed by atoms with van der Waals surface area (Å²) in [6, 6.07) is 15.5. The molecule has 1 saturated heterocycles. The van der Waals surface area contributed by atoms with Crippen LogP contribution in [0.5, 0.6) is 17.2 Å². The summed E-state index contributed by atoms with van der Waals surface area (Å²) in [6.07, 6.45) is 2.02. The molecule has 2 N–H and O–H groups in total. The van der Waals surface area contributed by atoms with Gasteiger partial charge in [0.1, 0.15) is 5.75 Å². The van der Waals surface area contributed by atoms with E-state index in [1.807, 2.05) is 18.2 Å². The minimum atomic E-state index is 0.455. The Morgan fingerprint density at radius 1 is 0.913 bits per heavy atom. The topological polar surface area (TPSA) is 42.5 Å². The molecule has 1 fully saturated rings. The second-order valence-corrected chi connectivity index (χ2v) is 6.35. The summed E-state index contributed by atoms with van der Waals surface area (Å²) in [5, 5.41) is 7.34. The first kappa shape index (κ1) is 14.5. The van der Waals surface area contributed by atoms with Gasteiger partial charge in [-0.15, -0.1) is 0 Å². The molecular formula is C19H22N2O2. The molecule has 6 bridgehead atoms. The summed E-state index contributed by atoms with van der Waals surface area (Å²) >= 11 is 0. The lowest BCUT2D eigenvalue weighted by Gasteiger charge is -2.32. The van der Waals surface area contributed by atoms with Crippen molar-refractivity contribution in [2.75, 3.05) is 20.2 Å². The maximum atomic E-state index is 6.06. The second-order valence-electron chi connectivity index (χ2n) is 6.35. The van der Waals surface area contributed by atoms with E-state index >= 15 is 0 Å². The number of hydrogen-bond donors (Lipinski definition) is 2. The predicted octanol–water partition coefficient (Wildman–Crippen LogP) is 2.52. The van der Waals surface area contributed by atoms with Gasteiger partial charge in [-0.2, -0.15) is 0 Å². The molecular weight excluding hydrogens is 288 g/mol. The molecule has 7 rings (SSSR count). The fourth-order valence-corrected chi connectivity index (χ4v) is 3.37. The lowest BCUT2D eigenvalue weighted by Crippen LogP contribution is -2.55. The molecule has 2 aromatic rings. The quantitative estimate of drug-likeness (QED) is 0.849. The Labute approximate surface area is 136 Å². The van der Waals surface area contributed by atoms with Gasteiger partial charge in [0, 0.05) is 25.2 Å². The molecule has 4 heteroatoms. The van der Waals surface area contributed by atoms with Gasteiger partial charge in [0.2, 0.25) is 0 Å². The van der Waals surface area contributed by atoms with Crippen LogP contribution in [-0.4, -0.2) is 32.3 Å². The minimum Gasteiger partial charge on any atom is -0.493 e. The Bertz CT molecular complexity index is 676. The Morgan fingerprint density at radius 2 is 1.57 bits per heavy atom. The highest BCUT2D eigenvalue weighted by Gasteiger charge is 2.21. The zero-order chi connectivity index (χ0) is 15.6. The molecule has 0 spiro atoms. The van der Waals surface area contributed by atoms with Gasteiger partial charge in [-0.05, 0) is 48.2 Å². The Hall–Kier alpha value is -2.04. The number of methoxy groups -OCH3 is 1. The average molecular weight is 310 g/mol. The van der Waals surface area contributed by atoms with Gasteiger partial charge in [0.05, 0.1) is 7.11 Å². The summed E-state index contributed by atoms with van der Waals surface area (Å²) in [7, 11) is 1.68. The minimum absolute atomic E-state index is 0.455. The third-order valence-electron chi connectivity index (χ3n) is 4.65. The van der Waals surface area contributed by atoms with Crippen LogP contribution in [0.1, 0.15) is 11.1 Å². The summed E-state index contributed by atoms with van der Waals surface area (Å²) in [4.78, 5) is 0. The SMILES string of the molecule is COc1ccc2cc1Oc1ccc(cc1)C[C@H]1CN[C@H](CN1)C2. The largest absolute Gasteiger partial charge is 0.493 e. The van der Waals surface area contributed by atoms with Gasteiger partial charge in [-0.25, -0.2) is 0 Å². The number of nitrogens with one attached hydrogen (secondary N) is 2. The van der Waals surface area contributed by atoms with Crippen molar-refractivity contribution in [2.45, 2.75) is 24.9 Å². The number of ether oxygens (including phenoxy) is 2. The molecule has 23 heavy (non-hydrogen) atoms. The van der Waals surface area contributed by atoms with Crippen LogP contribution in [0.4, 0.5) is 0 Å². The molecule has 2 aromatic carbocycles. The molecule has 0 amide bonds. The van der Waals surface area contributed by atoms with E-state index in [1.165, 1.54) is 11.1 Å². The maximum Gasteiger partial charge on any atom is 0.169 e. The van der Waals surface area contributed by atoms with Crippen molar-refractivity contribution in [3.63, 3.8) is 0 Å². The van der Waals surface area contributed by atoms with Gasteiger partial charge < -0.3 is 20.1 Å². The van der Waals surface area contributed by atoms with Crippen LogP contribution in [0.15, 0.2) is 42.5 Å². The van der Waals surface area contributed by atoms with Gasteiger partial charge >= 0.3 is 0 Å². The monoisotopic (exact) mass is 310 g/mol. The Balaban J connectivity index is 1.73. The molecule has 5 aliphatic rings. The molecule has 2 atom stereocenters. The Morgan fingerprint density at radius 3 is 2.22 bits per heavy atom. The van der Waals surface area contributed by atoms with Crippen molar-refractivity contribution in [2.24, 2.45) is 0 Å². The third-order valence-corrected chi connectivity index (χ3v) is 4.65. The molecule has 4 nitrogen and oxygen atoms in total. The van der Waals surface area contributed by atoms with Gasteiger partial charge in [0.15, 0.2) is 11.5 Å². The van der Waals surface area contributed by atoms with E-state index in [0.29, 0.717) is 12.1 Å². The average Bonchev–Trinajstić information content (AvgIpc) is 2.58. The van der Waals surface area contributed by atoms with Crippen molar-refractivity contribution < 1.29 is 9.47 Å². The zero-order valence-corrected chi connectivity index (χ0v) is 13.3. The van der Waals surface area contributed by atoms with Crippen LogP contribution in [-0.2, 0) is 12.8 Å². The lowest BCUT2D eigenvalue weighted by molar-refractivity contribution is 0.341. The highest BCUT2D eigenvalue weighted by molar-refractivity contribution is 5.46. The third kappa shape index (κ3) is 3.19. The first-order chi connectivity index (χ1) is 11.3. The number of benzene rings is 2. The first-order valence-electron chi connectivity index (χ1n) is 8.20. The molecule has 0 unspecified atom stereocenters. The highest BCUT2D eigenvalue weighted by atomic mass is 16.5. The standard InChI is InChI=1S/C19H22N2O2/c1-22-18-7-4-14-9-16-12-20-15(11-21-16)8-13-2-5-17(6-3-13)23-19(18)10-14/h2-7,10,15-16,20-21H,8-9,11-12H2,1H3/t15-,16-/m0/s1. The molecule has 120 valence electrons. The highest BCUT2D eigenvalue weighted by Crippen LogP contribution is 2.33. The Kier molecular flexibility index (Phi) is 3.93. The van der Waals surface area contributed by atoms with Crippen LogP contribution in [0.2, 0.25) is 0 Å². The van der Waals surface area contributed by atoms with Crippen LogP contribution in [0.3, 0.4) is 0 Å². The van der Waals surface area contributed by atoms with Crippen molar-refractivity contribution >= 4 is 0 Å². The van der Waals surface area contributed by atoms with Crippen molar-refractivity contribution in [3.8, 4) is 17.2 Å². The maximum absolute atomic E-state index is 6.06. The smallest absolute Gasteiger partial charge is 0.169 e. The summed E-state index contributed by atoms with van der Waals surface area (Å²) in [6.45, 7) is 2.00. The van der Waals surface area contributed by atoms with Crippen LogP contribution in [0, 0.1) is 0 Å². The number of hydrogen-bond acceptors (Lipinski definition) is 4.